The van der Waals surface area contributed by atoms with Crippen LogP contribution < -0.4 is 5.73 Å². The highest BCUT2D eigenvalue weighted by molar-refractivity contribution is 5.90. The summed E-state index contributed by atoms with van der Waals surface area (Å²) in [6, 6.07) is 5.90. The summed E-state index contributed by atoms with van der Waals surface area (Å²) in [6.07, 6.45) is -3.34. The number of halogens is 3. The van der Waals surface area contributed by atoms with Crippen LogP contribution in [-0.2, 0) is 6.18 Å². The topological polar surface area (TPSA) is 84.7 Å². The van der Waals surface area contributed by atoms with Gasteiger partial charge in [-0.2, -0.15) is 23.5 Å². The summed E-state index contributed by atoms with van der Waals surface area (Å²) in [6.45, 7) is 0. The van der Waals surface area contributed by atoms with Gasteiger partial charge in [-0.1, -0.05) is 0 Å². The molecule has 0 spiro atoms. The zero-order valence-corrected chi connectivity index (χ0v) is 9.85. The summed E-state index contributed by atoms with van der Waals surface area (Å²) in [5.41, 5.74) is 3.47. The maximum Gasteiger partial charge on any atom is 0.417 e. The average Bonchev–Trinajstić information content (AvgIpc) is 2.86. The predicted molar refractivity (Wildman–Crippen MR) is 61.8 cm³/mol. The van der Waals surface area contributed by atoms with E-state index in [1.165, 1.54) is 24.4 Å². The van der Waals surface area contributed by atoms with Crippen molar-refractivity contribution in [2.24, 2.45) is 5.73 Å². The second kappa shape index (κ2) is 4.70. The van der Waals surface area contributed by atoms with E-state index in [9.17, 15) is 18.0 Å². The molecule has 0 aliphatic carbocycles. The summed E-state index contributed by atoms with van der Waals surface area (Å²) in [4.78, 5) is 10.9. The molecule has 5 nitrogen and oxygen atoms in total. The van der Waals surface area contributed by atoms with Crippen molar-refractivity contribution in [2.75, 3.05) is 0 Å². The van der Waals surface area contributed by atoms with Crippen molar-refractivity contribution >= 4 is 5.91 Å². The number of carbonyl (C=O) groups excluding carboxylic acids is 1. The van der Waals surface area contributed by atoms with Crippen molar-refractivity contribution in [1.82, 2.24) is 9.78 Å². The van der Waals surface area contributed by atoms with Crippen LogP contribution >= 0.6 is 0 Å². The van der Waals surface area contributed by atoms with Gasteiger partial charge in [-0.15, -0.1) is 0 Å². The van der Waals surface area contributed by atoms with Gasteiger partial charge in [0.25, 0.3) is 5.91 Å². The SMILES string of the molecule is N#Cc1ccc(-n2ccc(C(N)=O)n2)cc1C(F)(F)F. The highest BCUT2D eigenvalue weighted by Crippen LogP contribution is 2.33. The maximum atomic E-state index is 12.8. The largest absolute Gasteiger partial charge is 0.417 e. The van der Waals surface area contributed by atoms with E-state index >= 15 is 0 Å². The van der Waals surface area contributed by atoms with Crippen molar-refractivity contribution in [2.45, 2.75) is 6.18 Å². The van der Waals surface area contributed by atoms with Gasteiger partial charge in [-0.3, -0.25) is 4.79 Å². The number of benzene rings is 1. The van der Waals surface area contributed by atoms with Crippen molar-refractivity contribution in [1.29, 1.82) is 5.26 Å². The van der Waals surface area contributed by atoms with Crippen molar-refractivity contribution in [3.63, 3.8) is 0 Å². The number of primary amides is 1. The molecule has 20 heavy (non-hydrogen) atoms. The third-order valence-corrected chi connectivity index (χ3v) is 2.54. The minimum absolute atomic E-state index is 0.0667. The second-order valence-electron chi connectivity index (χ2n) is 3.85. The van der Waals surface area contributed by atoms with Crippen LogP contribution in [0.5, 0.6) is 0 Å². The van der Waals surface area contributed by atoms with Crippen LogP contribution in [0.2, 0.25) is 0 Å². The molecule has 2 N–H and O–H groups in total. The molecule has 0 radical (unpaired) electrons. The van der Waals surface area contributed by atoms with Crippen LogP contribution in [0.3, 0.4) is 0 Å². The number of amides is 1. The zero-order chi connectivity index (χ0) is 14.9. The molecule has 0 aliphatic heterocycles. The van der Waals surface area contributed by atoms with Gasteiger partial charge in [0.1, 0.15) is 5.69 Å². The van der Waals surface area contributed by atoms with Crippen LogP contribution in [0.1, 0.15) is 21.6 Å². The lowest BCUT2D eigenvalue weighted by Crippen LogP contribution is -2.13. The third kappa shape index (κ3) is 2.47. The second-order valence-corrected chi connectivity index (χ2v) is 3.85. The molecule has 0 fully saturated rings. The number of alkyl halides is 3. The molecule has 0 bridgehead atoms. The van der Waals surface area contributed by atoms with Crippen molar-refractivity contribution in [3.05, 3.63) is 47.3 Å². The van der Waals surface area contributed by atoms with Gasteiger partial charge in [0.2, 0.25) is 0 Å². The summed E-state index contributed by atoms with van der Waals surface area (Å²) in [5.74, 6) is -0.784. The number of nitrogens with two attached hydrogens (primary N) is 1. The maximum absolute atomic E-state index is 12.8. The van der Waals surface area contributed by atoms with Crippen LogP contribution in [-0.4, -0.2) is 15.7 Å². The van der Waals surface area contributed by atoms with E-state index in [-0.39, 0.29) is 11.4 Å². The molecule has 2 rings (SSSR count). The molecule has 0 unspecified atom stereocenters. The molecular formula is C12H7F3N4O. The first-order chi connectivity index (χ1) is 9.32. The molecule has 0 atom stereocenters. The minimum Gasteiger partial charge on any atom is -0.364 e. The highest BCUT2D eigenvalue weighted by Gasteiger charge is 2.34. The molecule has 0 saturated heterocycles. The van der Waals surface area contributed by atoms with E-state index in [1.54, 1.807) is 0 Å². The van der Waals surface area contributed by atoms with E-state index < -0.39 is 23.2 Å². The normalized spacial score (nSPS) is 11.1. The summed E-state index contributed by atoms with van der Waals surface area (Å²) >= 11 is 0. The quantitative estimate of drug-likeness (QED) is 0.911. The number of aromatic nitrogens is 2. The Hall–Kier alpha value is -2.82. The van der Waals surface area contributed by atoms with Crippen molar-refractivity contribution < 1.29 is 18.0 Å². The van der Waals surface area contributed by atoms with Crippen LogP contribution in [0, 0.1) is 11.3 Å². The monoisotopic (exact) mass is 280 g/mol. The minimum atomic E-state index is -4.65. The number of hydrogen-bond acceptors (Lipinski definition) is 3. The molecule has 0 saturated carbocycles. The lowest BCUT2D eigenvalue weighted by Gasteiger charge is -2.10. The number of nitrogens with zero attached hydrogens (tertiary/aromatic N) is 3. The fourth-order valence-corrected chi connectivity index (χ4v) is 1.61. The van der Waals surface area contributed by atoms with E-state index in [2.05, 4.69) is 5.10 Å². The molecule has 2 aromatic rings. The van der Waals surface area contributed by atoms with E-state index in [1.807, 2.05) is 0 Å². The first-order valence-electron chi connectivity index (χ1n) is 5.30. The number of hydrogen-bond donors (Lipinski definition) is 1. The molecule has 0 aliphatic rings. The number of nitriles is 1. The molecule has 1 amide bonds. The lowest BCUT2D eigenvalue weighted by atomic mass is 10.1. The van der Waals surface area contributed by atoms with E-state index in [0.29, 0.717) is 0 Å². The first kappa shape index (κ1) is 13.6. The fourth-order valence-electron chi connectivity index (χ4n) is 1.61. The Labute approximate surface area is 111 Å². The van der Waals surface area contributed by atoms with E-state index in [4.69, 9.17) is 11.0 Å². The van der Waals surface area contributed by atoms with Gasteiger partial charge in [0.05, 0.1) is 22.9 Å². The Morgan fingerprint density at radius 1 is 1.35 bits per heavy atom. The van der Waals surface area contributed by atoms with Crippen LogP contribution in [0.4, 0.5) is 13.2 Å². The van der Waals surface area contributed by atoms with Gasteiger partial charge in [-0.05, 0) is 24.3 Å². The standard InChI is InChI=1S/C12H7F3N4O/c13-12(14,15)9-5-8(2-1-7(9)6-16)19-4-3-10(18-19)11(17)20/h1-5H,(H2,17,20). The summed E-state index contributed by atoms with van der Waals surface area (Å²) in [7, 11) is 0. The molecule has 1 aromatic heterocycles. The molecule has 8 heteroatoms. The van der Waals surface area contributed by atoms with Crippen LogP contribution in [0.15, 0.2) is 30.5 Å². The summed E-state index contributed by atoms with van der Waals surface area (Å²) < 4.78 is 39.5. The van der Waals surface area contributed by atoms with Gasteiger partial charge < -0.3 is 5.73 Å². The molecule has 1 heterocycles. The highest BCUT2D eigenvalue weighted by atomic mass is 19.4. The smallest absolute Gasteiger partial charge is 0.364 e. The number of carbonyl (C=O) groups is 1. The van der Waals surface area contributed by atoms with Crippen LogP contribution in [0.25, 0.3) is 5.69 Å². The van der Waals surface area contributed by atoms with E-state index in [0.717, 1.165) is 16.8 Å². The Bertz CT molecular complexity index is 712. The van der Waals surface area contributed by atoms with Gasteiger partial charge >= 0.3 is 6.18 Å². The zero-order valence-electron chi connectivity index (χ0n) is 9.85. The Balaban J connectivity index is 2.53. The Morgan fingerprint density at radius 3 is 2.55 bits per heavy atom. The van der Waals surface area contributed by atoms with Gasteiger partial charge in [-0.25, -0.2) is 4.68 Å². The van der Waals surface area contributed by atoms with Crippen molar-refractivity contribution in [3.8, 4) is 11.8 Å². The Kier molecular flexibility index (Phi) is 3.19. The summed E-state index contributed by atoms with van der Waals surface area (Å²) in [5, 5.41) is 12.4. The van der Waals surface area contributed by atoms with Gasteiger partial charge in [0, 0.05) is 6.20 Å². The third-order valence-electron chi connectivity index (χ3n) is 2.54. The average molecular weight is 280 g/mol. The Morgan fingerprint density at radius 2 is 2.05 bits per heavy atom. The fraction of sp³-hybridized carbons (Fsp3) is 0.0833. The molecular weight excluding hydrogens is 273 g/mol. The number of rotatable bonds is 2. The van der Waals surface area contributed by atoms with Gasteiger partial charge in [0.15, 0.2) is 0 Å². The molecule has 102 valence electrons. The predicted octanol–water partition coefficient (Wildman–Crippen LogP) is 1.86. The lowest BCUT2D eigenvalue weighted by molar-refractivity contribution is -0.137. The molecule has 1 aromatic carbocycles. The first-order valence-corrected chi connectivity index (χ1v) is 5.30.